The lowest BCUT2D eigenvalue weighted by Gasteiger charge is -2.18. The minimum atomic E-state index is 0.733. The molecule has 0 spiro atoms. The summed E-state index contributed by atoms with van der Waals surface area (Å²) in [6.07, 6.45) is 2.50. The molecule has 1 unspecified atom stereocenters. The van der Waals surface area contributed by atoms with Crippen molar-refractivity contribution in [2.24, 2.45) is 11.8 Å². The molecule has 2 nitrogen and oxygen atoms in total. The Morgan fingerprint density at radius 2 is 2.00 bits per heavy atom. The lowest BCUT2D eigenvalue weighted by atomic mass is 10.0. The number of nitrogens with zero attached hydrogens (tertiary/aromatic N) is 1. The highest BCUT2D eigenvalue weighted by Crippen LogP contribution is 2.19. The predicted molar refractivity (Wildman–Crippen MR) is 86.9 cm³/mol. The maximum absolute atomic E-state index is 3.55. The van der Waals surface area contributed by atoms with Gasteiger partial charge in [-0.1, -0.05) is 45.0 Å². The average Bonchev–Trinajstić information content (AvgIpc) is 2.82. The topological polar surface area (TPSA) is 15.3 Å². The summed E-state index contributed by atoms with van der Waals surface area (Å²) in [5.74, 6) is 1.60. The van der Waals surface area contributed by atoms with Gasteiger partial charge in [-0.05, 0) is 55.4 Å². The molecule has 1 aromatic rings. The van der Waals surface area contributed by atoms with Gasteiger partial charge in [0.1, 0.15) is 0 Å². The van der Waals surface area contributed by atoms with Crippen LogP contribution < -0.4 is 5.32 Å². The molecule has 112 valence electrons. The third-order valence-electron chi connectivity index (χ3n) is 4.14. The van der Waals surface area contributed by atoms with Gasteiger partial charge in [0.25, 0.3) is 0 Å². The van der Waals surface area contributed by atoms with Crippen LogP contribution >= 0.6 is 0 Å². The van der Waals surface area contributed by atoms with Crippen LogP contribution in [0, 0.1) is 11.8 Å². The van der Waals surface area contributed by atoms with Crippen LogP contribution in [-0.2, 0) is 13.0 Å². The third kappa shape index (κ3) is 4.92. The Morgan fingerprint density at radius 3 is 2.65 bits per heavy atom. The molecule has 2 heteroatoms. The zero-order chi connectivity index (χ0) is 14.4. The van der Waals surface area contributed by atoms with Crippen molar-refractivity contribution in [3.05, 3.63) is 35.4 Å². The summed E-state index contributed by atoms with van der Waals surface area (Å²) in [5, 5.41) is 3.55. The molecule has 0 radical (unpaired) electrons. The number of hydrogen-bond donors (Lipinski definition) is 1. The van der Waals surface area contributed by atoms with Crippen LogP contribution in [0.1, 0.15) is 38.3 Å². The van der Waals surface area contributed by atoms with E-state index in [1.54, 1.807) is 0 Å². The Balaban J connectivity index is 1.85. The molecule has 1 N–H and O–H groups in total. The predicted octanol–water partition coefficient (Wildman–Crippen LogP) is 3.32. The van der Waals surface area contributed by atoms with Crippen LogP contribution in [0.4, 0.5) is 0 Å². The van der Waals surface area contributed by atoms with Gasteiger partial charge in [0.05, 0.1) is 0 Å². The van der Waals surface area contributed by atoms with Gasteiger partial charge in [-0.3, -0.25) is 4.90 Å². The summed E-state index contributed by atoms with van der Waals surface area (Å²) in [7, 11) is 0. The van der Waals surface area contributed by atoms with E-state index in [2.05, 4.69) is 55.3 Å². The molecule has 1 aliphatic rings. The molecular weight excluding hydrogens is 244 g/mol. The Labute approximate surface area is 124 Å². The minimum Gasteiger partial charge on any atom is -0.316 e. The van der Waals surface area contributed by atoms with Gasteiger partial charge in [0, 0.05) is 13.1 Å². The van der Waals surface area contributed by atoms with Gasteiger partial charge in [0.15, 0.2) is 0 Å². The van der Waals surface area contributed by atoms with Crippen molar-refractivity contribution in [1.82, 2.24) is 10.2 Å². The summed E-state index contributed by atoms with van der Waals surface area (Å²) < 4.78 is 0. The Bertz CT molecular complexity index is 400. The normalized spacial score (nSPS) is 19.9. The first-order chi connectivity index (χ1) is 9.65. The van der Waals surface area contributed by atoms with Crippen molar-refractivity contribution in [3.8, 4) is 0 Å². The standard InChI is InChI=1S/C18H30N2/c1-15(2)12-19-10-8-17-6-4-5-7-18(17)14-20-11-9-16(3)13-20/h4-7,15-16,19H,8-14H2,1-3H3. The molecule has 0 aromatic heterocycles. The highest BCUT2D eigenvalue weighted by Gasteiger charge is 2.19. The fourth-order valence-corrected chi connectivity index (χ4v) is 2.98. The van der Waals surface area contributed by atoms with Crippen LogP contribution in [0.25, 0.3) is 0 Å². The maximum Gasteiger partial charge on any atom is 0.0236 e. The highest BCUT2D eigenvalue weighted by atomic mass is 15.1. The number of benzene rings is 1. The zero-order valence-electron chi connectivity index (χ0n) is 13.4. The Morgan fingerprint density at radius 1 is 1.25 bits per heavy atom. The van der Waals surface area contributed by atoms with Gasteiger partial charge in [-0.15, -0.1) is 0 Å². The van der Waals surface area contributed by atoms with E-state index in [9.17, 15) is 0 Å². The van der Waals surface area contributed by atoms with Gasteiger partial charge >= 0.3 is 0 Å². The Hall–Kier alpha value is -0.860. The molecule has 2 rings (SSSR count). The van der Waals surface area contributed by atoms with Crippen molar-refractivity contribution in [1.29, 1.82) is 0 Å². The van der Waals surface area contributed by atoms with Gasteiger partial charge in [0.2, 0.25) is 0 Å². The van der Waals surface area contributed by atoms with Crippen LogP contribution in [0.5, 0.6) is 0 Å². The molecule has 20 heavy (non-hydrogen) atoms. The van der Waals surface area contributed by atoms with E-state index in [0.717, 1.165) is 37.9 Å². The number of likely N-dealkylation sites (tertiary alicyclic amines) is 1. The van der Waals surface area contributed by atoms with E-state index in [0.29, 0.717) is 0 Å². The molecule has 1 atom stereocenters. The van der Waals surface area contributed by atoms with Crippen molar-refractivity contribution in [3.63, 3.8) is 0 Å². The first kappa shape index (κ1) is 15.5. The van der Waals surface area contributed by atoms with E-state index < -0.39 is 0 Å². The average molecular weight is 274 g/mol. The van der Waals surface area contributed by atoms with Gasteiger partial charge in [-0.2, -0.15) is 0 Å². The minimum absolute atomic E-state index is 0.733. The van der Waals surface area contributed by atoms with E-state index in [-0.39, 0.29) is 0 Å². The van der Waals surface area contributed by atoms with Crippen LogP contribution in [0.3, 0.4) is 0 Å². The lowest BCUT2D eigenvalue weighted by molar-refractivity contribution is 0.319. The molecule has 0 saturated carbocycles. The first-order valence-corrected chi connectivity index (χ1v) is 8.15. The second-order valence-corrected chi connectivity index (χ2v) is 6.75. The van der Waals surface area contributed by atoms with Crippen LogP contribution in [-0.4, -0.2) is 31.1 Å². The van der Waals surface area contributed by atoms with Crippen LogP contribution in [0.15, 0.2) is 24.3 Å². The monoisotopic (exact) mass is 274 g/mol. The molecule has 0 amide bonds. The number of nitrogens with one attached hydrogen (secondary N) is 1. The Kier molecular flexibility index (Phi) is 6.06. The van der Waals surface area contributed by atoms with Gasteiger partial charge in [-0.25, -0.2) is 0 Å². The van der Waals surface area contributed by atoms with Gasteiger partial charge < -0.3 is 5.32 Å². The quantitative estimate of drug-likeness (QED) is 0.767. The molecule has 1 fully saturated rings. The molecule has 1 heterocycles. The summed E-state index contributed by atoms with van der Waals surface area (Å²) in [6.45, 7) is 12.7. The van der Waals surface area contributed by atoms with E-state index in [1.165, 1.54) is 30.6 Å². The summed E-state index contributed by atoms with van der Waals surface area (Å²) in [5.41, 5.74) is 3.04. The fourth-order valence-electron chi connectivity index (χ4n) is 2.98. The molecule has 1 aliphatic heterocycles. The van der Waals surface area contributed by atoms with Crippen molar-refractivity contribution in [2.45, 2.75) is 40.2 Å². The maximum atomic E-state index is 3.55. The molecule has 1 saturated heterocycles. The van der Waals surface area contributed by atoms with Crippen molar-refractivity contribution < 1.29 is 0 Å². The molecular formula is C18H30N2. The summed E-state index contributed by atoms with van der Waals surface area (Å²) in [4.78, 5) is 2.60. The second-order valence-electron chi connectivity index (χ2n) is 6.75. The van der Waals surface area contributed by atoms with E-state index in [4.69, 9.17) is 0 Å². The number of hydrogen-bond acceptors (Lipinski definition) is 2. The van der Waals surface area contributed by atoms with Crippen molar-refractivity contribution >= 4 is 0 Å². The van der Waals surface area contributed by atoms with Crippen LogP contribution in [0.2, 0.25) is 0 Å². The first-order valence-electron chi connectivity index (χ1n) is 8.15. The lowest BCUT2D eigenvalue weighted by Crippen LogP contribution is -2.24. The second kappa shape index (κ2) is 7.80. The SMILES string of the molecule is CC(C)CNCCc1ccccc1CN1CCC(C)C1. The molecule has 1 aromatic carbocycles. The zero-order valence-corrected chi connectivity index (χ0v) is 13.4. The van der Waals surface area contributed by atoms with E-state index in [1.807, 2.05) is 0 Å². The molecule has 0 aliphatic carbocycles. The largest absolute Gasteiger partial charge is 0.316 e. The fraction of sp³-hybridized carbons (Fsp3) is 0.667. The molecule has 0 bridgehead atoms. The summed E-state index contributed by atoms with van der Waals surface area (Å²) in [6, 6.07) is 8.96. The van der Waals surface area contributed by atoms with E-state index >= 15 is 0 Å². The number of rotatable bonds is 7. The van der Waals surface area contributed by atoms with Crippen molar-refractivity contribution in [2.75, 3.05) is 26.2 Å². The highest BCUT2D eigenvalue weighted by molar-refractivity contribution is 5.27. The smallest absolute Gasteiger partial charge is 0.0236 e. The summed E-state index contributed by atoms with van der Waals surface area (Å²) >= 11 is 0. The third-order valence-corrected chi connectivity index (χ3v) is 4.14.